The number of hydrogen-bond donors (Lipinski definition) is 2. The van der Waals surface area contributed by atoms with Crippen LogP contribution in [0.15, 0.2) is 29.1 Å². The van der Waals surface area contributed by atoms with Crippen LogP contribution < -0.4 is 5.69 Å². The number of carbonyl (C=O) groups excluding carboxylic acids is 1. The predicted molar refractivity (Wildman–Crippen MR) is 90.9 cm³/mol. The molecular weight excluding hydrogens is 306 g/mol. The normalized spacial score (nSPS) is 15.9. The highest BCUT2D eigenvalue weighted by Crippen LogP contribution is 2.16. The summed E-state index contributed by atoms with van der Waals surface area (Å²) in [6, 6.07) is 8.74. The van der Waals surface area contributed by atoms with E-state index >= 15 is 0 Å². The summed E-state index contributed by atoms with van der Waals surface area (Å²) in [6.07, 6.45) is 0. The Labute approximate surface area is 140 Å². The largest absolute Gasteiger partial charge is 0.341 e. The number of nitrogens with zero attached hydrogens (tertiary/aromatic N) is 3. The molecule has 24 heavy (non-hydrogen) atoms. The Morgan fingerprint density at radius 1 is 1.17 bits per heavy atom. The molecule has 7 heteroatoms. The molecule has 1 aliphatic rings. The van der Waals surface area contributed by atoms with Crippen LogP contribution in [0.5, 0.6) is 0 Å². The van der Waals surface area contributed by atoms with E-state index in [9.17, 15) is 9.59 Å². The van der Waals surface area contributed by atoms with Gasteiger partial charge in [-0.1, -0.05) is 38.1 Å². The molecule has 2 aromatic rings. The molecule has 0 atom stereocenters. The molecule has 0 bridgehead atoms. The molecule has 3 rings (SSSR count). The smallest absolute Gasteiger partial charge is 0.333 e. The van der Waals surface area contributed by atoms with Crippen molar-refractivity contribution in [3.05, 3.63) is 51.7 Å². The molecular formula is C17H23N5O2. The van der Waals surface area contributed by atoms with Crippen LogP contribution in [0.25, 0.3) is 0 Å². The average molecular weight is 329 g/mol. The summed E-state index contributed by atoms with van der Waals surface area (Å²) in [5.41, 5.74) is 2.18. The lowest BCUT2D eigenvalue weighted by Gasteiger charge is -2.34. The fourth-order valence-electron chi connectivity index (χ4n) is 2.90. The Hall–Kier alpha value is -2.41. The van der Waals surface area contributed by atoms with Crippen molar-refractivity contribution in [1.29, 1.82) is 0 Å². The molecule has 0 saturated carbocycles. The maximum atomic E-state index is 12.2. The number of rotatable bonds is 4. The maximum Gasteiger partial charge on any atom is 0.341 e. The van der Waals surface area contributed by atoms with Crippen molar-refractivity contribution in [2.45, 2.75) is 26.3 Å². The third-order valence-corrected chi connectivity index (χ3v) is 4.42. The van der Waals surface area contributed by atoms with Gasteiger partial charge >= 0.3 is 5.69 Å². The second-order valence-corrected chi connectivity index (χ2v) is 6.49. The molecule has 0 aliphatic carbocycles. The zero-order valence-electron chi connectivity index (χ0n) is 14.1. The van der Waals surface area contributed by atoms with E-state index in [0.717, 1.165) is 19.6 Å². The molecule has 2 heterocycles. The monoisotopic (exact) mass is 329 g/mol. The van der Waals surface area contributed by atoms with Gasteiger partial charge in [0.1, 0.15) is 0 Å². The van der Waals surface area contributed by atoms with Gasteiger partial charge in [-0.3, -0.25) is 14.7 Å². The second-order valence-electron chi connectivity index (χ2n) is 6.49. The van der Waals surface area contributed by atoms with E-state index in [2.05, 4.69) is 58.2 Å². The fraction of sp³-hybridized carbons (Fsp3) is 0.471. The van der Waals surface area contributed by atoms with Crippen molar-refractivity contribution in [3.63, 3.8) is 0 Å². The van der Waals surface area contributed by atoms with Gasteiger partial charge in [0.25, 0.3) is 5.91 Å². The van der Waals surface area contributed by atoms with Gasteiger partial charge in [0.15, 0.2) is 0 Å². The number of aromatic amines is 2. The minimum atomic E-state index is -0.457. The van der Waals surface area contributed by atoms with E-state index in [1.54, 1.807) is 4.90 Å². The molecule has 1 fully saturated rings. The van der Waals surface area contributed by atoms with E-state index in [-0.39, 0.29) is 11.7 Å². The standard InChI is InChI=1S/C17H23N5O2/c1-12(2)14-5-3-13(4-6-14)11-21-7-9-22(10-8-21)16(23)15-18-17(24)20-19-15/h3-6,12H,7-11H2,1-2H3,(H2,18,19,20,24). The van der Waals surface area contributed by atoms with Gasteiger partial charge in [-0.2, -0.15) is 0 Å². The van der Waals surface area contributed by atoms with Crippen LogP contribution in [0, 0.1) is 0 Å². The minimum absolute atomic E-state index is 0.0812. The molecule has 1 aromatic carbocycles. The van der Waals surface area contributed by atoms with Crippen molar-refractivity contribution in [1.82, 2.24) is 25.0 Å². The zero-order chi connectivity index (χ0) is 17.1. The van der Waals surface area contributed by atoms with Crippen molar-refractivity contribution < 1.29 is 4.79 Å². The van der Waals surface area contributed by atoms with Crippen LogP contribution >= 0.6 is 0 Å². The number of piperazine rings is 1. The Morgan fingerprint density at radius 3 is 2.38 bits per heavy atom. The van der Waals surface area contributed by atoms with Crippen LogP contribution in [0.4, 0.5) is 0 Å². The van der Waals surface area contributed by atoms with Crippen LogP contribution in [-0.4, -0.2) is 57.1 Å². The molecule has 2 N–H and O–H groups in total. The molecule has 0 unspecified atom stereocenters. The third-order valence-electron chi connectivity index (χ3n) is 4.42. The van der Waals surface area contributed by atoms with Crippen molar-refractivity contribution in [2.24, 2.45) is 0 Å². The Bertz CT molecular complexity index is 739. The molecule has 0 spiro atoms. The molecule has 1 aliphatic heterocycles. The summed E-state index contributed by atoms with van der Waals surface area (Å²) in [5.74, 6) is 0.397. The molecule has 1 amide bonds. The van der Waals surface area contributed by atoms with Gasteiger partial charge in [0.05, 0.1) is 0 Å². The average Bonchev–Trinajstić information content (AvgIpc) is 3.02. The quantitative estimate of drug-likeness (QED) is 0.882. The van der Waals surface area contributed by atoms with Gasteiger partial charge in [0.2, 0.25) is 5.82 Å². The van der Waals surface area contributed by atoms with Crippen molar-refractivity contribution in [3.8, 4) is 0 Å². The number of carbonyl (C=O) groups is 1. The molecule has 1 saturated heterocycles. The Morgan fingerprint density at radius 2 is 1.83 bits per heavy atom. The highest BCUT2D eigenvalue weighted by Gasteiger charge is 2.24. The SMILES string of the molecule is CC(C)c1ccc(CN2CCN(C(=O)c3n[nH]c(=O)[nH]3)CC2)cc1. The molecule has 0 radical (unpaired) electrons. The number of hydrogen-bond acceptors (Lipinski definition) is 4. The lowest BCUT2D eigenvalue weighted by atomic mass is 10.0. The van der Waals surface area contributed by atoms with E-state index in [0.29, 0.717) is 19.0 Å². The Balaban J connectivity index is 1.53. The number of benzene rings is 1. The first-order valence-corrected chi connectivity index (χ1v) is 8.28. The van der Waals surface area contributed by atoms with Crippen molar-refractivity contribution in [2.75, 3.05) is 26.2 Å². The number of amides is 1. The summed E-state index contributed by atoms with van der Waals surface area (Å²) < 4.78 is 0. The zero-order valence-corrected chi connectivity index (χ0v) is 14.1. The fourth-order valence-corrected chi connectivity index (χ4v) is 2.90. The van der Waals surface area contributed by atoms with E-state index in [4.69, 9.17) is 0 Å². The minimum Gasteiger partial charge on any atom is -0.333 e. The van der Waals surface area contributed by atoms with Crippen LogP contribution in [0.3, 0.4) is 0 Å². The summed E-state index contributed by atoms with van der Waals surface area (Å²) >= 11 is 0. The van der Waals surface area contributed by atoms with E-state index in [1.807, 2.05) is 0 Å². The van der Waals surface area contributed by atoms with Gasteiger partial charge in [-0.15, -0.1) is 5.10 Å². The first-order valence-electron chi connectivity index (χ1n) is 8.28. The van der Waals surface area contributed by atoms with Gasteiger partial charge in [-0.25, -0.2) is 9.89 Å². The highest BCUT2D eigenvalue weighted by molar-refractivity contribution is 5.90. The van der Waals surface area contributed by atoms with Crippen LogP contribution in [0.2, 0.25) is 0 Å². The summed E-state index contributed by atoms with van der Waals surface area (Å²) in [5, 5.41) is 5.93. The lowest BCUT2D eigenvalue weighted by molar-refractivity contribution is 0.0617. The topological polar surface area (TPSA) is 85.1 Å². The summed E-state index contributed by atoms with van der Waals surface area (Å²) in [6.45, 7) is 8.17. The van der Waals surface area contributed by atoms with Gasteiger partial charge < -0.3 is 4.90 Å². The van der Waals surface area contributed by atoms with Gasteiger partial charge in [-0.05, 0) is 17.0 Å². The number of aromatic nitrogens is 3. The highest BCUT2D eigenvalue weighted by atomic mass is 16.2. The molecule has 7 nitrogen and oxygen atoms in total. The first-order chi connectivity index (χ1) is 11.5. The van der Waals surface area contributed by atoms with Crippen LogP contribution in [-0.2, 0) is 6.54 Å². The maximum absolute atomic E-state index is 12.2. The number of H-pyrrole nitrogens is 2. The van der Waals surface area contributed by atoms with Gasteiger partial charge in [0, 0.05) is 32.7 Å². The lowest BCUT2D eigenvalue weighted by Crippen LogP contribution is -2.48. The summed E-state index contributed by atoms with van der Waals surface area (Å²) in [7, 11) is 0. The molecule has 128 valence electrons. The van der Waals surface area contributed by atoms with E-state index in [1.165, 1.54) is 11.1 Å². The third kappa shape index (κ3) is 3.73. The second kappa shape index (κ2) is 7.00. The van der Waals surface area contributed by atoms with Crippen LogP contribution in [0.1, 0.15) is 41.5 Å². The van der Waals surface area contributed by atoms with E-state index < -0.39 is 5.69 Å². The Kier molecular flexibility index (Phi) is 4.80. The number of nitrogens with one attached hydrogen (secondary N) is 2. The predicted octanol–water partition coefficient (Wildman–Crippen LogP) is 1.18. The molecule has 1 aromatic heterocycles. The summed E-state index contributed by atoms with van der Waals surface area (Å²) in [4.78, 5) is 29.8. The van der Waals surface area contributed by atoms with Crippen molar-refractivity contribution >= 4 is 5.91 Å². The first kappa shape index (κ1) is 16.4.